The number of aromatic nitrogens is 3. The van der Waals surface area contributed by atoms with E-state index in [1.807, 2.05) is 60.7 Å². The van der Waals surface area contributed by atoms with Gasteiger partial charge in [0.25, 0.3) is 0 Å². The van der Waals surface area contributed by atoms with Gasteiger partial charge < -0.3 is 0 Å². The van der Waals surface area contributed by atoms with Gasteiger partial charge in [0.05, 0.1) is 11.6 Å². The van der Waals surface area contributed by atoms with Crippen LogP contribution in [-0.4, -0.2) is 15.0 Å². The molecule has 4 heteroatoms. The Balaban J connectivity index is 1.04. The summed E-state index contributed by atoms with van der Waals surface area (Å²) >= 11 is 0. The molecule has 0 amide bonds. The number of nitriles is 1. The Kier molecular flexibility index (Phi) is 7.07. The third-order valence-electron chi connectivity index (χ3n) is 13.1. The van der Waals surface area contributed by atoms with Crippen LogP contribution in [0.2, 0.25) is 0 Å². The van der Waals surface area contributed by atoms with Crippen molar-refractivity contribution in [2.24, 2.45) is 23.7 Å². The molecule has 4 bridgehead atoms. The summed E-state index contributed by atoms with van der Waals surface area (Å²) < 4.78 is 0. The van der Waals surface area contributed by atoms with Crippen molar-refractivity contribution in [1.29, 1.82) is 5.26 Å². The summed E-state index contributed by atoms with van der Waals surface area (Å²) in [6.07, 6.45) is 6.55. The highest BCUT2D eigenvalue weighted by Gasteiger charge is 2.62. The van der Waals surface area contributed by atoms with Crippen molar-refractivity contribution < 1.29 is 0 Å². The standard InChI is InChI=1S/C50H38N4/c51-30-38-17-10-20-44-43-22-21-36(29-45(43)50(46(38)44)39-24-31-23-32(26-39)27-40(50)25-31)42-19-8-7-18-41(42)35-15-9-16-37(28-35)49-53-47(33-11-3-1-4-12-33)52-48(54-49)34-13-5-2-6-14-34/h1-22,28-29,31-32,39-40H,23-27H2. The normalized spacial score (nSPS) is 22.9. The average molecular weight is 695 g/mol. The van der Waals surface area contributed by atoms with Gasteiger partial charge in [-0.2, -0.15) is 5.26 Å². The number of nitrogens with zero attached hydrogens (tertiary/aromatic N) is 4. The van der Waals surface area contributed by atoms with Gasteiger partial charge in [-0.3, -0.25) is 0 Å². The lowest BCUT2D eigenvalue weighted by Gasteiger charge is -2.61. The van der Waals surface area contributed by atoms with Crippen LogP contribution in [-0.2, 0) is 5.41 Å². The number of hydrogen-bond donors (Lipinski definition) is 0. The van der Waals surface area contributed by atoms with E-state index in [0.717, 1.165) is 39.7 Å². The molecule has 1 aromatic heterocycles. The van der Waals surface area contributed by atoms with E-state index >= 15 is 0 Å². The minimum absolute atomic E-state index is 0.0825. The van der Waals surface area contributed by atoms with Crippen LogP contribution >= 0.6 is 0 Å². The molecule has 1 heterocycles. The van der Waals surface area contributed by atoms with Crippen LogP contribution < -0.4 is 0 Å². The molecule has 0 radical (unpaired) electrons. The maximum Gasteiger partial charge on any atom is 0.164 e. The molecule has 258 valence electrons. The predicted octanol–water partition coefficient (Wildman–Crippen LogP) is 11.8. The molecule has 12 rings (SSSR count). The Morgan fingerprint density at radius 3 is 1.56 bits per heavy atom. The van der Waals surface area contributed by atoms with Crippen LogP contribution in [0.5, 0.6) is 0 Å². The molecule has 5 aliphatic carbocycles. The molecule has 0 aliphatic heterocycles. The average Bonchev–Trinajstić information content (AvgIpc) is 3.53. The Morgan fingerprint density at radius 1 is 0.444 bits per heavy atom. The van der Waals surface area contributed by atoms with Gasteiger partial charge in [0.15, 0.2) is 17.5 Å². The van der Waals surface area contributed by atoms with E-state index in [0.29, 0.717) is 29.3 Å². The molecule has 4 saturated carbocycles. The van der Waals surface area contributed by atoms with E-state index in [1.54, 1.807) is 0 Å². The molecule has 0 unspecified atom stereocenters. The number of hydrogen-bond acceptors (Lipinski definition) is 4. The van der Waals surface area contributed by atoms with E-state index in [2.05, 4.69) is 91.0 Å². The summed E-state index contributed by atoms with van der Waals surface area (Å²) in [5.41, 5.74) is 13.8. The largest absolute Gasteiger partial charge is 0.208 e. The number of fused-ring (bicyclic) bond motifs is 3. The van der Waals surface area contributed by atoms with Crippen LogP contribution in [0.15, 0.2) is 146 Å². The van der Waals surface area contributed by atoms with Gasteiger partial charge in [-0.25, -0.2) is 15.0 Å². The van der Waals surface area contributed by atoms with Crippen molar-refractivity contribution in [3.05, 3.63) is 162 Å². The van der Waals surface area contributed by atoms with E-state index in [9.17, 15) is 5.26 Å². The molecule has 4 fully saturated rings. The smallest absolute Gasteiger partial charge is 0.164 e. The lowest BCUT2D eigenvalue weighted by atomic mass is 9.43. The SMILES string of the molecule is N#Cc1cccc2c1C1(c3cc(-c4ccccc4-c4cccc(-c5nc(-c6ccccc6)nc(-c6ccccc6)n5)c4)ccc3-2)C2CC3CC(C2)CC1C3. The van der Waals surface area contributed by atoms with Crippen LogP contribution in [0.1, 0.15) is 48.8 Å². The molecule has 0 atom stereocenters. The fraction of sp³-hybridized carbons (Fsp3) is 0.200. The van der Waals surface area contributed by atoms with E-state index in [1.165, 1.54) is 71.0 Å². The second kappa shape index (κ2) is 12.2. The van der Waals surface area contributed by atoms with E-state index in [4.69, 9.17) is 15.0 Å². The fourth-order valence-electron chi connectivity index (χ4n) is 11.3. The van der Waals surface area contributed by atoms with Gasteiger partial charge >= 0.3 is 0 Å². The highest BCUT2D eigenvalue weighted by molar-refractivity contribution is 5.90. The van der Waals surface area contributed by atoms with Crippen molar-refractivity contribution >= 4 is 0 Å². The maximum atomic E-state index is 10.5. The molecular weight excluding hydrogens is 657 g/mol. The molecule has 54 heavy (non-hydrogen) atoms. The first-order valence-electron chi connectivity index (χ1n) is 19.4. The quantitative estimate of drug-likeness (QED) is 0.180. The summed E-state index contributed by atoms with van der Waals surface area (Å²) in [6.45, 7) is 0. The molecular formula is C50H38N4. The summed E-state index contributed by atoms with van der Waals surface area (Å²) in [6, 6.07) is 54.0. The third-order valence-corrected chi connectivity index (χ3v) is 13.1. The van der Waals surface area contributed by atoms with Crippen LogP contribution in [0.25, 0.3) is 67.5 Å². The van der Waals surface area contributed by atoms with Gasteiger partial charge in [0.2, 0.25) is 0 Å². The molecule has 1 spiro atoms. The second-order valence-electron chi connectivity index (χ2n) is 15.9. The molecule has 4 nitrogen and oxygen atoms in total. The number of benzene rings is 6. The van der Waals surface area contributed by atoms with E-state index in [-0.39, 0.29) is 5.41 Å². The zero-order valence-electron chi connectivity index (χ0n) is 30.0. The summed E-state index contributed by atoms with van der Waals surface area (Å²) in [4.78, 5) is 15.0. The Morgan fingerprint density at radius 2 is 0.944 bits per heavy atom. The second-order valence-corrected chi connectivity index (χ2v) is 15.9. The fourth-order valence-corrected chi connectivity index (χ4v) is 11.3. The van der Waals surface area contributed by atoms with Gasteiger partial charge in [-0.05, 0) is 118 Å². The van der Waals surface area contributed by atoms with Gasteiger partial charge in [0, 0.05) is 22.1 Å². The zero-order valence-corrected chi connectivity index (χ0v) is 30.0. The molecule has 7 aromatic rings. The summed E-state index contributed by atoms with van der Waals surface area (Å²) in [5, 5.41) is 10.5. The van der Waals surface area contributed by atoms with Gasteiger partial charge in [-0.15, -0.1) is 0 Å². The first-order chi connectivity index (χ1) is 26.7. The van der Waals surface area contributed by atoms with Crippen molar-refractivity contribution in [2.45, 2.75) is 37.5 Å². The Labute approximate surface area is 316 Å². The first-order valence-corrected chi connectivity index (χ1v) is 19.4. The minimum atomic E-state index is -0.0825. The highest BCUT2D eigenvalue weighted by Crippen LogP contribution is 2.70. The van der Waals surface area contributed by atoms with Crippen molar-refractivity contribution in [2.75, 3.05) is 0 Å². The Hall–Kier alpha value is -6.18. The zero-order chi connectivity index (χ0) is 35.8. The predicted molar refractivity (Wildman–Crippen MR) is 215 cm³/mol. The van der Waals surface area contributed by atoms with E-state index < -0.39 is 0 Å². The van der Waals surface area contributed by atoms with Gasteiger partial charge in [0.1, 0.15) is 0 Å². The summed E-state index contributed by atoms with van der Waals surface area (Å²) in [5.74, 6) is 4.82. The minimum Gasteiger partial charge on any atom is -0.208 e. The maximum absolute atomic E-state index is 10.5. The highest BCUT2D eigenvalue weighted by atomic mass is 15.0. The van der Waals surface area contributed by atoms with Crippen molar-refractivity contribution in [1.82, 2.24) is 15.0 Å². The third kappa shape index (κ3) is 4.71. The topological polar surface area (TPSA) is 62.5 Å². The Bertz CT molecular complexity index is 2550. The lowest BCUT2D eigenvalue weighted by Crippen LogP contribution is -2.55. The van der Waals surface area contributed by atoms with Crippen molar-refractivity contribution in [3.63, 3.8) is 0 Å². The monoisotopic (exact) mass is 694 g/mol. The van der Waals surface area contributed by atoms with Crippen molar-refractivity contribution in [3.8, 4) is 73.6 Å². The lowest BCUT2D eigenvalue weighted by molar-refractivity contribution is -0.0400. The first kappa shape index (κ1) is 31.4. The molecule has 0 saturated heterocycles. The van der Waals surface area contributed by atoms with Gasteiger partial charge in [-0.1, -0.05) is 127 Å². The number of rotatable bonds is 5. The molecule has 5 aliphatic rings. The molecule has 0 N–H and O–H groups in total. The van der Waals surface area contributed by atoms with Crippen LogP contribution in [0, 0.1) is 35.0 Å². The van der Waals surface area contributed by atoms with Crippen LogP contribution in [0.3, 0.4) is 0 Å². The van der Waals surface area contributed by atoms with Crippen LogP contribution in [0.4, 0.5) is 0 Å². The molecule has 6 aromatic carbocycles. The summed E-state index contributed by atoms with van der Waals surface area (Å²) in [7, 11) is 0.